The number of hydrogen-bond acceptors (Lipinski definition) is 3. The van der Waals surface area contributed by atoms with Gasteiger partial charge in [0, 0.05) is 25.8 Å². The van der Waals surface area contributed by atoms with Crippen molar-refractivity contribution in [2.24, 2.45) is 7.05 Å². The molecule has 1 aliphatic rings. The first-order valence-corrected chi connectivity index (χ1v) is 4.77. The van der Waals surface area contributed by atoms with Gasteiger partial charge in [0.25, 0.3) is 5.91 Å². The molecule has 2 rings (SSSR count). The fraction of sp³-hybridized carbons (Fsp3) is 0.556. The molecule has 1 amide bonds. The standard InChI is InChI=1S/C9H14N4O/c1-13-5-3-8(12-13)9(14)11-7-2-4-10-6-7/h3,5,7,10H,2,4,6H2,1H3,(H,11,14)/t7-/m1/s1. The summed E-state index contributed by atoms with van der Waals surface area (Å²) in [6.07, 6.45) is 2.76. The number of aryl methyl sites for hydroxylation is 1. The van der Waals surface area contributed by atoms with Gasteiger partial charge in [-0.25, -0.2) is 0 Å². The van der Waals surface area contributed by atoms with Crippen LogP contribution < -0.4 is 10.6 Å². The van der Waals surface area contributed by atoms with E-state index in [9.17, 15) is 4.79 Å². The van der Waals surface area contributed by atoms with Crippen LogP contribution in [0.5, 0.6) is 0 Å². The zero-order chi connectivity index (χ0) is 9.97. The SMILES string of the molecule is Cn1ccc(C(=O)N[C@@H]2CCNC2)n1. The van der Waals surface area contributed by atoms with E-state index in [1.54, 1.807) is 24.0 Å². The van der Waals surface area contributed by atoms with Crippen LogP contribution in [0.25, 0.3) is 0 Å². The molecular weight excluding hydrogens is 180 g/mol. The fourth-order valence-electron chi connectivity index (χ4n) is 1.57. The lowest BCUT2D eigenvalue weighted by Gasteiger charge is -2.09. The summed E-state index contributed by atoms with van der Waals surface area (Å²) >= 11 is 0. The maximum atomic E-state index is 11.6. The predicted molar refractivity (Wildman–Crippen MR) is 51.9 cm³/mol. The quantitative estimate of drug-likeness (QED) is 0.668. The minimum atomic E-state index is -0.0840. The molecule has 0 saturated carbocycles. The van der Waals surface area contributed by atoms with Crippen molar-refractivity contribution in [2.45, 2.75) is 12.5 Å². The Bertz CT molecular complexity index is 327. The van der Waals surface area contributed by atoms with Gasteiger partial charge in [0.05, 0.1) is 0 Å². The molecule has 0 unspecified atom stereocenters. The van der Waals surface area contributed by atoms with Crippen molar-refractivity contribution < 1.29 is 4.79 Å². The number of carbonyl (C=O) groups excluding carboxylic acids is 1. The van der Waals surface area contributed by atoms with Gasteiger partial charge < -0.3 is 10.6 Å². The Labute approximate surface area is 82.5 Å². The Morgan fingerprint density at radius 1 is 1.79 bits per heavy atom. The molecule has 0 radical (unpaired) electrons. The van der Waals surface area contributed by atoms with Crippen LogP contribution in [0.2, 0.25) is 0 Å². The molecule has 76 valence electrons. The summed E-state index contributed by atoms with van der Waals surface area (Å²) in [7, 11) is 1.80. The van der Waals surface area contributed by atoms with Gasteiger partial charge in [-0.15, -0.1) is 0 Å². The summed E-state index contributed by atoms with van der Waals surface area (Å²) in [5.74, 6) is -0.0840. The number of rotatable bonds is 2. The predicted octanol–water partition coefficient (Wildman–Crippen LogP) is -0.488. The molecule has 1 aliphatic heterocycles. The van der Waals surface area contributed by atoms with E-state index >= 15 is 0 Å². The van der Waals surface area contributed by atoms with Gasteiger partial charge in [-0.05, 0) is 19.0 Å². The van der Waals surface area contributed by atoms with Crippen LogP contribution in [-0.4, -0.2) is 34.8 Å². The number of nitrogens with one attached hydrogen (secondary N) is 2. The molecule has 5 nitrogen and oxygen atoms in total. The van der Waals surface area contributed by atoms with Gasteiger partial charge in [-0.3, -0.25) is 9.48 Å². The van der Waals surface area contributed by atoms with Gasteiger partial charge >= 0.3 is 0 Å². The van der Waals surface area contributed by atoms with E-state index in [0.29, 0.717) is 5.69 Å². The van der Waals surface area contributed by atoms with E-state index in [2.05, 4.69) is 15.7 Å². The normalized spacial score (nSPS) is 21.1. The highest BCUT2D eigenvalue weighted by Gasteiger charge is 2.18. The number of hydrogen-bond donors (Lipinski definition) is 2. The van der Waals surface area contributed by atoms with Crippen molar-refractivity contribution >= 4 is 5.91 Å². The molecule has 1 fully saturated rings. The molecule has 2 N–H and O–H groups in total. The van der Waals surface area contributed by atoms with Crippen molar-refractivity contribution in [1.82, 2.24) is 20.4 Å². The summed E-state index contributed by atoms with van der Waals surface area (Å²) in [4.78, 5) is 11.6. The number of carbonyl (C=O) groups is 1. The lowest BCUT2D eigenvalue weighted by molar-refractivity contribution is 0.0934. The summed E-state index contributed by atoms with van der Waals surface area (Å²) < 4.78 is 1.63. The summed E-state index contributed by atoms with van der Waals surface area (Å²) in [6, 6.07) is 1.97. The monoisotopic (exact) mass is 194 g/mol. The van der Waals surface area contributed by atoms with Gasteiger partial charge in [-0.1, -0.05) is 0 Å². The lowest BCUT2D eigenvalue weighted by atomic mass is 10.2. The highest BCUT2D eigenvalue weighted by atomic mass is 16.2. The molecule has 1 aromatic heterocycles. The van der Waals surface area contributed by atoms with Crippen LogP contribution in [0.1, 0.15) is 16.9 Å². The van der Waals surface area contributed by atoms with Crippen molar-refractivity contribution in [3.05, 3.63) is 18.0 Å². The van der Waals surface area contributed by atoms with Crippen LogP contribution in [0.4, 0.5) is 0 Å². The molecule has 0 aromatic carbocycles. The first-order chi connectivity index (χ1) is 6.75. The second-order valence-electron chi connectivity index (χ2n) is 3.54. The molecular formula is C9H14N4O. The molecule has 1 atom stereocenters. The third-order valence-electron chi connectivity index (χ3n) is 2.34. The molecule has 14 heavy (non-hydrogen) atoms. The van der Waals surface area contributed by atoms with Crippen LogP contribution in [-0.2, 0) is 7.05 Å². The fourth-order valence-corrected chi connectivity index (χ4v) is 1.57. The first kappa shape index (κ1) is 9.21. The van der Waals surface area contributed by atoms with Crippen LogP contribution in [0.15, 0.2) is 12.3 Å². The van der Waals surface area contributed by atoms with Crippen LogP contribution >= 0.6 is 0 Å². The van der Waals surface area contributed by atoms with Gasteiger partial charge in [0.1, 0.15) is 5.69 Å². The molecule has 1 aromatic rings. The average molecular weight is 194 g/mol. The molecule has 5 heteroatoms. The van der Waals surface area contributed by atoms with E-state index in [1.807, 2.05) is 0 Å². The third-order valence-corrected chi connectivity index (χ3v) is 2.34. The zero-order valence-corrected chi connectivity index (χ0v) is 8.16. The number of aromatic nitrogens is 2. The Kier molecular flexibility index (Phi) is 2.49. The zero-order valence-electron chi connectivity index (χ0n) is 8.16. The molecule has 2 heterocycles. The molecule has 1 saturated heterocycles. The Morgan fingerprint density at radius 2 is 2.64 bits per heavy atom. The van der Waals surface area contributed by atoms with E-state index in [0.717, 1.165) is 19.5 Å². The van der Waals surface area contributed by atoms with Crippen LogP contribution in [0.3, 0.4) is 0 Å². The maximum absolute atomic E-state index is 11.6. The molecule has 0 aliphatic carbocycles. The highest BCUT2D eigenvalue weighted by Crippen LogP contribution is 2.00. The van der Waals surface area contributed by atoms with E-state index in [1.165, 1.54) is 0 Å². The largest absolute Gasteiger partial charge is 0.347 e. The van der Waals surface area contributed by atoms with Crippen molar-refractivity contribution in [3.8, 4) is 0 Å². The topological polar surface area (TPSA) is 59.0 Å². The second-order valence-corrected chi connectivity index (χ2v) is 3.54. The molecule has 0 bridgehead atoms. The summed E-state index contributed by atoms with van der Waals surface area (Å²) in [5, 5.41) is 10.2. The summed E-state index contributed by atoms with van der Waals surface area (Å²) in [6.45, 7) is 1.84. The Hall–Kier alpha value is -1.36. The van der Waals surface area contributed by atoms with E-state index < -0.39 is 0 Å². The van der Waals surface area contributed by atoms with Crippen LogP contribution in [0, 0.1) is 0 Å². The minimum Gasteiger partial charge on any atom is -0.347 e. The van der Waals surface area contributed by atoms with Crippen molar-refractivity contribution in [1.29, 1.82) is 0 Å². The third kappa shape index (κ3) is 1.93. The van der Waals surface area contributed by atoms with Crippen molar-refractivity contribution in [2.75, 3.05) is 13.1 Å². The number of nitrogens with zero attached hydrogens (tertiary/aromatic N) is 2. The average Bonchev–Trinajstić information content (AvgIpc) is 2.75. The van der Waals surface area contributed by atoms with Gasteiger partial charge in [-0.2, -0.15) is 5.10 Å². The van der Waals surface area contributed by atoms with E-state index in [-0.39, 0.29) is 11.9 Å². The maximum Gasteiger partial charge on any atom is 0.272 e. The van der Waals surface area contributed by atoms with Gasteiger partial charge in [0.2, 0.25) is 0 Å². The smallest absolute Gasteiger partial charge is 0.272 e. The first-order valence-electron chi connectivity index (χ1n) is 4.77. The Morgan fingerprint density at radius 3 is 3.21 bits per heavy atom. The number of amides is 1. The van der Waals surface area contributed by atoms with E-state index in [4.69, 9.17) is 0 Å². The summed E-state index contributed by atoms with van der Waals surface area (Å²) in [5.41, 5.74) is 0.486. The highest BCUT2D eigenvalue weighted by molar-refractivity contribution is 5.92. The lowest BCUT2D eigenvalue weighted by Crippen LogP contribution is -2.36. The minimum absolute atomic E-state index is 0.0840. The molecule has 0 spiro atoms. The Balaban J connectivity index is 1.95. The van der Waals surface area contributed by atoms with Gasteiger partial charge in [0.15, 0.2) is 0 Å². The second kappa shape index (κ2) is 3.79. The van der Waals surface area contributed by atoms with Crippen molar-refractivity contribution in [3.63, 3.8) is 0 Å².